The highest BCUT2D eigenvalue weighted by atomic mass is 35.5. The van der Waals surface area contributed by atoms with Crippen LogP contribution in [0.3, 0.4) is 0 Å². The predicted molar refractivity (Wildman–Crippen MR) is 101 cm³/mol. The molecule has 4 nitrogen and oxygen atoms in total. The van der Waals surface area contributed by atoms with Crippen LogP contribution >= 0.6 is 24.2 Å². The molecule has 0 amide bonds. The molecule has 1 heterocycles. The number of carbonyl (C=O) groups is 1. The average molecular weight is 419 g/mol. The van der Waals surface area contributed by atoms with Gasteiger partial charge in [-0.2, -0.15) is 25.8 Å². The first-order valence-electron chi connectivity index (χ1n) is 8.05. The monoisotopic (exact) mass is 418 g/mol. The molecule has 1 aromatic heterocycles. The summed E-state index contributed by atoms with van der Waals surface area (Å²) in [4.78, 5) is 15.5. The van der Waals surface area contributed by atoms with Crippen LogP contribution in [0.15, 0.2) is 36.5 Å². The third-order valence-electron chi connectivity index (χ3n) is 4.17. The van der Waals surface area contributed by atoms with E-state index in [4.69, 9.17) is 17.3 Å². The molecule has 0 radical (unpaired) electrons. The number of benzene rings is 1. The standard InChI is InChI=1S/C18H18ClF3N2O2S/c19-14-8-12(18(20,21)22)4-2-11(14)3-5-15(27)13(17(25)26)7-10-1-6-16(23)24-9-10/h1-2,4,6,8-9,13,15,27H,3,5,7H2,(H2,23,24)(H,25,26). The van der Waals surface area contributed by atoms with Gasteiger partial charge in [0.05, 0.1) is 11.5 Å². The van der Waals surface area contributed by atoms with Crippen molar-refractivity contribution in [3.8, 4) is 0 Å². The van der Waals surface area contributed by atoms with Gasteiger partial charge in [-0.15, -0.1) is 0 Å². The number of aliphatic carboxylic acids is 1. The van der Waals surface area contributed by atoms with Gasteiger partial charge in [-0.25, -0.2) is 4.98 Å². The van der Waals surface area contributed by atoms with E-state index in [2.05, 4.69) is 17.6 Å². The molecule has 2 aromatic rings. The number of aryl methyl sites for hydroxylation is 1. The van der Waals surface area contributed by atoms with Gasteiger partial charge >= 0.3 is 12.1 Å². The summed E-state index contributed by atoms with van der Waals surface area (Å²) in [5.74, 6) is -1.46. The molecule has 9 heteroatoms. The van der Waals surface area contributed by atoms with E-state index in [1.807, 2.05) is 0 Å². The Bertz CT molecular complexity index is 800. The fraction of sp³-hybridized carbons (Fsp3) is 0.333. The van der Waals surface area contributed by atoms with Crippen molar-refractivity contribution in [3.05, 3.63) is 58.2 Å². The smallest absolute Gasteiger partial charge is 0.416 e. The number of nitrogens with zero attached hydrogens (tertiary/aromatic N) is 1. The number of rotatable bonds is 7. The van der Waals surface area contributed by atoms with Gasteiger partial charge in [-0.3, -0.25) is 4.79 Å². The SMILES string of the molecule is Nc1ccc(CC(C(=O)O)C(S)CCc2ccc(C(F)(F)F)cc2Cl)cn1. The highest BCUT2D eigenvalue weighted by Crippen LogP contribution is 2.33. The van der Waals surface area contributed by atoms with Gasteiger partial charge in [0.2, 0.25) is 0 Å². The Kier molecular flexibility index (Phi) is 7.00. The van der Waals surface area contributed by atoms with Crippen LogP contribution in [0.5, 0.6) is 0 Å². The Labute approximate surface area is 165 Å². The van der Waals surface area contributed by atoms with Gasteiger partial charge < -0.3 is 10.8 Å². The number of thiol groups is 1. The number of halogens is 4. The average Bonchev–Trinajstić information content (AvgIpc) is 2.58. The molecule has 0 spiro atoms. The van der Waals surface area contributed by atoms with Crippen LogP contribution in [0.1, 0.15) is 23.1 Å². The molecule has 0 saturated heterocycles. The fourth-order valence-electron chi connectivity index (χ4n) is 2.63. The van der Waals surface area contributed by atoms with E-state index >= 15 is 0 Å². The lowest BCUT2D eigenvalue weighted by Gasteiger charge is -2.20. The summed E-state index contributed by atoms with van der Waals surface area (Å²) in [5.41, 5.74) is 5.92. The van der Waals surface area contributed by atoms with E-state index in [-0.39, 0.29) is 11.4 Å². The van der Waals surface area contributed by atoms with Gasteiger partial charge in [0, 0.05) is 16.5 Å². The lowest BCUT2D eigenvalue weighted by atomic mass is 9.93. The van der Waals surface area contributed by atoms with Crippen molar-refractivity contribution in [1.29, 1.82) is 0 Å². The van der Waals surface area contributed by atoms with Crippen molar-refractivity contribution in [2.24, 2.45) is 5.92 Å². The molecule has 0 aliphatic carbocycles. The molecule has 2 atom stereocenters. The minimum absolute atomic E-state index is 0.0000297. The number of hydrogen-bond acceptors (Lipinski definition) is 4. The number of nitrogen functional groups attached to an aromatic ring is 1. The fourth-order valence-corrected chi connectivity index (χ4v) is 3.27. The van der Waals surface area contributed by atoms with Crippen molar-refractivity contribution in [2.75, 3.05) is 5.73 Å². The van der Waals surface area contributed by atoms with Gasteiger partial charge in [-0.1, -0.05) is 23.7 Å². The Balaban J connectivity index is 2.04. The van der Waals surface area contributed by atoms with E-state index in [1.54, 1.807) is 12.1 Å². The van der Waals surface area contributed by atoms with Crippen LogP contribution in [0.25, 0.3) is 0 Å². The predicted octanol–water partition coefficient (Wildman–Crippen LogP) is 4.51. The Morgan fingerprint density at radius 1 is 1.30 bits per heavy atom. The zero-order chi connectivity index (χ0) is 20.2. The number of alkyl halides is 3. The molecule has 0 aliphatic heterocycles. The Hall–Kier alpha value is -1.93. The first kappa shape index (κ1) is 21.4. The number of nitrogens with two attached hydrogens (primary N) is 1. The molecule has 2 unspecified atom stereocenters. The van der Waals surface area contributed by atoms with Crippen LogP contribution < -0.4 is 5.73 Å². The second-order valence-electron chi connectivity index (χ2n) is 6.15. The lowest BCUT2D eigenvalue weighted by molar-refractivity contribution is -0.141. The number of carboxylic acids is 1. The van der Waals surface area contributed by atoms with Crippen LogP contribution in [-0.2, 0) is 23.8 Å². The Morgan fingerprint density at radius 2 is 2.00 bits per heavy atom. The summed E-state index contributed by atoms with van der Waals surface area (Å²) in [6, 6.07) is 6.43. The van der Waals surface area contributed by atoms with Crippen molar-refractivity contribution in [1.82, 2.24) is 4.98 Å². The third-order valence-corrected chi connectivity index (χ3v) is 5.14. The molecule has 27 heavy (non-hydrogen) atoms. The van der Waals surface area contributed by atoms with Crippen LogP contribution in [0.2, 0.25) is 5.02 Å². The number of hydrogen-bond donors (Lipinski definition) is 3. The van der Waals surface area contributed by atoms with E-state index in [1.165, 1.54) is 12.3 Å². The molecule has 2 rings (SSSR count). The maximum absolute atomic E-state index is 12.7. The molecule has 0 saturated carbocycles. The summed E-state index contributed by atoms with van der Waals surface area (Å²) in [6.07, 6.45) is -2.08. The van der Waals surface area contributed by atoms with E-state index in [0.29, 0.717) is 29.8 Å². The molecule has 146 valence electrons. The number of aromatic nitrogens is 1. The van der Waals surface area contributed by atoms with Gasteiger partial charge in [0.15, 0.2) is 0 Å². The van der Waals surface area contributed by atoms with Crippen molar-refractivity contribution < 1.29 is 23.1 Å². The number of carboxylic acid groups (broad SMARTS) is 1. The largest absolute Gasteiger partial charge is 0.481 e. The number of anilines is 1. The van der Waals surface area contributed by atoms with E-state index < -0.39 is 28.9 Å². The second kappa shape index (κ2) is 8.84. The summed E-state index contributed by atoms with van der Waals surface area (Å²) in [5, 5.41) is 8.98. The third kappa shape index (κ3) is 6.04. The molecule has 0 aliphatic rings. The minimum atomic E-state index is -4.46. The summed E-state index contributed by atoms with van der Waals surface area (Å²) in [6.45, 7) is 0. The maximum Gasteiger partial charge on any atom is 0.416 e. The first-order valence-corrected chi connectivity index (χ1v) is 8.94. The molecular weight excluding hydrogens is 401 g/mol. The molecule has 0 bridgehead atoms. The van der Waals surface area contributed by atoms with E-state index in [0.717, 1.165) is 12.1 Å². The van der Waals surface area contributed by atoms with Crippen LogP contribution in [0, 0.1) is 5.92 Å². The molecule has 3 N–H and O–H groups in total. The van der Waals surface area contributed by atoms with Gasteiger partial charge in [-0.05, 0) is 48.6 Å². The maximum atomic E-state index is 12.7. The second-order valence-corrected chi connectivity index (χ2v) is 7.22. The zero-order valence-corrected chi connectivity index (χ0v) is 15.7. The Morgan fingerprint density at radius 3 is 2.52 bits per heavy atom. The molecule has 0 fully saturated rings. The molecule has 1 aromatic carbocycles. The van der Waals surface area contributed by atoms with Crippen molar-refractivity contribution in [2.45, 2.75) is 30.7 Å². The first-order chi connectivity index (χ1) is 12.6. The normalized spacial score (nSPS) is 14.0. The lowest BCUT2D eigenvalue weighted by Crippen LogP contribution is -2.27. The van der Waals surface area contributed by atoms with Crippen molar-refractivity contribution in [3.63, 3.8) is 0 Å². The van der Waals surface area contributed by atoms with Gasteiger partial charge in [0.25, 0.3) is 0 Å². The summed E-state index contributed by atoms with van der Waals surface area (Å²) >= 11 is 10.3. The quantitative estimate of drug-likeness (QED) is 0.578. The summed E-state index contributed by atoms with van der Waals surface area (Å²) in [7, 11) is 0. The molecular formula is C18H18ClF3N2O2S. The highest BCUT2D eigenvalue weighted by Gasteiger charge is 2.31. The highest BCUT2D eigenvalue weighted by molar-refractivity contribution is 7.81. The van der Waals surface area contributed by atoms with Crippen LogP contribution in [-0.4, -0.2) is 21.3 Å². The topological polar surface area (TPSA) is 76.2 Å². The zero-order valence-electron chi connectivity index (χ0n) is 14.1. The van der Waals surface area contributed by atoms with E-state index in [9.17, 15) is 23.1 Å². The summed E-state index contributed by atoms with van der Waals surface area (Å²) < 4.78 is 38.1. The van der Waals surface area contributed by atoms with Crippen molar-refractivity contribution >= 4 is 36.0 Å². The minimum Gasteiger partial charge on any atom is -0.481 e. The van der Waals surface area contributed by atoms with Crippen LogP contribution in [0.4, 0.5) is 19.0 Å². The number of pyridine rings is 1. The van der Waals surface area contributed by atoms with Gasteiger partial charge in [0.1, 0.15) is 5.82 Å².